The minimum absolute atomic E-state index is 0.0778. The van der Waals surface area contributed by atoms with Gasteiger partial charge in [0.2, 0.25) is 5.91 Å². The molecule has 0 spiro atoms. The first-order valence-electron chi connectivity index (χ1n) is 8.58. The Kier molecular flexibility index (Phi) is 6.00. The van der Waals surface area contributed by atoms with Gasteiger partial charge in [-0.1, -0.05) is 53.5 Å². The van der Waals surface area contributed by atoms with Gasteiger partial charge in [-0.25, -0.2) is 0 Å². The van der Waals surface area contributed by atoms with E-state index in [-0.39, 0.29) is 5.91 Å². The molecule has 2 aromatic rings. The fourth-order valence-corrected chi connectivity index (χ4v) is 3.93. The SMILES string of the molecule is CN(CCC(=O)Nc1c(Cl)cccc1Cl)C1CCCc2ccccc21. The number of carbonyl (C=O) groups excluding carboxylic acids is 1. The first-order valence-corrected chi connectivity index (χ1v) is 9.34. The summed E-state index contributed by atoms with van der Waals surface area (Å²) in [6.07, 6.45) is 3.86. The van der Waals surface area contributed by atoms with Crippen LogP contribution in [0.5, 0.6) is 0 Å². The number of benzene rings is 2. The van der Waals surface area contributed by atoms with E-state index in [0.29, 0.717) is 34.7 Å². The highest BCUT2D eigenvalue weighted by atomic mass is 35.5. The number of anilines is 1. The number of carbonyl (C=O) groups is 1. The molecule has 0 radical (unpaired) electrons. The van der Waals surface area contributed by atoms with Crippen LogP contribution in [0.3, 0.4) is 0 Å². The molecule has 1 aliphatic rings. The fraction of sp³-hybridized carbons (Fsp3) is 0.350. The second-order valence-electron chi connectivity index (χ2n) is 6.48. The van der Waals surface area contributed by atoms with Crippen molar-refractivity contribution < 1.29 is 4.79 Å². The molecular formula is C20H22Cl2N2O. The highest BCUT2D eigenvalue weighted by molar-refractivity contribution is 6.39. The van der Waals surface area contributed by atoms with Gasteiger partial charge in [0, 0.05) is 19.0 Å². The normalized spacial score (nSPS) is 16.6. The summed E-state index contributed by atoms with van der Waals surface area (Å²) < 4.78 is 0. The maximum absolute atomic E-state index is 12.3. The zero-order valence-corrected chi connectivity index (χ0v) is 15.8. The van der Waals surface area contributed by atoms with Crippen LogP contribution in [0.4, 0.5) is 5.69 Å². The molecule has 2 aromatic carbocycles. The van der Waals surface area contributed by atoms with Gasteiger partial charge in [0.1, 0.15) is 0 Å². The molecule has 1 N–H and O–H groups in total. The topological polar surface area (TPSA) is 32.3 Å². The number of nitrogens with zero attached hydrogens (tertiary/aromatic N) is 1. The van der Waals surface area contributed by atoms with Crippen molar-refractivity contribution in [3.63, 3.8) is 0 Å². The van der Waals surface area contributed by atoms with E-state index in [4.69, 9.17) is 23.2 Å². The second kappa shape index (κ2) is 8.22. The molecule has 0 saturated carbocycles. The number of para-hydroxylation sites is 1. The van der Waals surface area contributed by atoms with Crippen LogP contribution in [0.2, 0.25) is 10.0 Å². The van der Waals surface area contributed by atoms with Crippen molar-refractivity contribution >= 4 is 34.8 Å². The fourth-order valence-electron chi connectivity index (χ4n) is 3.44. The zero-order valence-electron chi connectivity index (χ0n) is 14.3. The number of hydrogen-bond acceptors (Lipinski definition) is 2. The average Bonchev–Trinajstić information content (AvgIpc) is 2.62. The number of aryl methyl sites for hydroxylation is 1. The van der Waals surface area contributed by atoms with E-state index in [1.165, 1.54) is 17.5 Å². The number of nitrogens with one attached hydrogen (secondary N) is 1. The lowest BCUT2D eigenvalue weighted by Crippen LogP contribution is -2.30. The van der Waals surface area contributed by atoms with Crippen LogP contribution in [0.25, 0.3) is 0 Å². The van der Waals surface area contributed by atoms with Crippen LogP contribution in [0.1, 0.15) is 36.4 Å². The van der Waals surface area contributed by atoms with E-state index in [1.54, 1.807) is 18.2 Å². The summed E-state index contributed by atoms with van der Waals surface area (Å²) in [6, 6.07) is 14.2. The lowest BCUT2D eigenvalue weighted by Gasteiger charge is -2.33. The third-order valence-corrected chi connectivity index (χ3v) is 5.42. The van der Waals surface area contributed by atoms with Crippen LogP contribution >= 0.6 is 23.2 Å². The number of halogens is 2. The van der Waals surface area contributed by atoms with E-state index in [0.717, 1.165) is 12.8 Å². The summed E-state index contributed by atoms with van der Waals surface area (Å²) in [5.41, 5.74) is 3.31. The predicted molar refractivity (Wildman–Crippen MR) is 104 cm³/mol. The number of rotatable bonds is 5. The molecule has 3 rings (SSSR count). The van der Waals surface area contributed by atoms with Gasteiger partial charge in [-0.15, -0.1) is 0 Å². The summed E-state index contributed by atoms with van der Waals surface area (Å²) in [7, 11) is 2.09. The Balaban J connectivity index is 1.59. The van der Waals surface area contributed by atoms with Gasteiger partial charge in [0.25, 0.3) is 0 Å². The minimum Gasteiger partial charge on any atom is -0.324 e. The van der Waals surface area contributed by atoms with Gasteiger partial charge >= 0.3 is 0 Å². The molecule has 1 amide bonds. The number of hydrogen-bond donors (Lipinski definition) is 1. The third-order valence-electron chi connectivity index (χ3n) is 4.79. The summed E-state index contributed by atoms with van der Waals surface area (Å²) in [5.74, 6) is -0.0778. The van der Waals surface area contributed by atoms with Crippen molar-refractivity contribution in [2.75, 3.05) is 18.9 Å². The number of amides is 1. The Bertz CT molecular complexity index is 743. The minimum atomic E-state index is -0.0778. The lowest BCUT2D eigenvalue weighted by atomic mass is 9.87. The van der Waals surface area contributed by atoms with Gasteiger partial charge in [-0.05, 0) is 49.6 Å². The van der Waals surface area contributed by atoms with E-state index in [2.05, 4.69) is 41.5 Å². The summed E-state index contributed by atoms with van der Waals surface area (Å²) in [4.78, 5) is 14.6. The highest BCUT2D eigenvalue weighted by Crippen LogP contribution is 2.33. The predicted octanol–water partition coefficient (Wildman–Crippen LogP) is 5.33. The van der Waals surface area contributed by atoms with Crippen molar-refractivity contribution in [3.8, 4) is 0 Å². The van der Waals surface area contributed by atoms with Gasteiger partial charge < -0.3 is 5.32 Å². The Morgan fingerprint density at radius 1 is 1.16 bits per heavy atom. The molecule has 132 valence electrons. The van der Waals surface area contributed by atoms with Crippen LogP contribution in [0.15, 0.2) is 42.5 Å². The number of fused-ring (bicyclic) bond motifs is 1. The Morgan fingerprint density at radius 2 is 1.88 bits per heavy atom. The molecule has 0 aliphatic heterocycles. The van der Waals surface area contributed by atoms with Crippen LogP contribution < -0.4 is 5.32 Å². The standard InChI is InChI=1S/C20H22Cl2N2O/c1-24(18-11-4-7-14-6-2-3-8-15(14)18)13-12-19(25)23-20-16(21)9-5-10-17(20)22/h2-3,5-6,8-10,18H,4,7,11-13H2,1H3,(H,23,25). The second-order valence-corrected chi connectivity index (χ2v) is 7.30. The molecule has 1 aliphatic carbocycles. The Hall–Kier alpha value is -1.55. The molecule has 1 unspecified atom stereocenters. The largest absolute Gasteiger partial charge is 0.324 e. The summed E-state index contributed by atoms with van der Waals surface area (Å²) >= 11 is 12.2. The van der Waals surface area contributed by atoms with Gasteiger partial charge in [-0.3, -0.25) is 9.69 Å². The average molecular weight is 377 g/mol. The molecule has 0 fully saturated rings. The van der Waals surface area contributed by atoms with Crippen LogP contribution in [-0.2, 0) is 11.2 Å². The van der Waals surface area contributed by atoms with Gasteiger partial charge in [0.05, 0.1) is 15.7 Å². The molecule has 1 atom stereocenters. The lowest BCUT2D eigenvalue weighted by molar-refractivity contribution is -0.116. The monoisotopic (exact) mass is 376 g/mol. The summed E-state index contributed by atoms with van der Waals surface area (Å²) in [5, 5.41) is 3.73. The molecule has 5 heteroatoms. The van der Waals surface area contributed by atoms with E-state index >= 15 is 0 Å². The molecule has 25 heavy (non-hydrogen) atoms. The van der Waals surface area contributed by atoms with E-state index < -0.39 is 0 Å². The van der Waals surface area contributed by atoms with Crippen molar-refractivity contribution in [3.05, 3.63) is 63.6 Å². The van der Waals surface area contributed by atoms with Gasteiger partial charge in [-0.2, -0.15) is 0 Å². The van der Waals surface area contributed by atoms with E-state index in [1.807, 2.05) is 0 Å². The zero-order chi connectivity index (χ0) is 17.8. The first-order chi connectivity index (χ1) is 12.1. The molecule has 0 saturated heterocycles. The maximum Gasteiger partial charge on any atom is 0.225 e. The Labute approximate surface area is 158 Å². The smallest absolute Gasteiger partial charge is 0.225 e. The molecule has 0 bridgehead atoms. The van der Waals surface area contributed by atoms with Crippen LogP contribution in [-0.4, -0.2) is 24.4 Å². The quantitative estimate of drug-likeness (QED) is 0.764. The van der Waals surface area contributed by atoms with Crippen molar-refractivity contribution in [1.29, 1.82) is 0 Å². The highest BCUT2D eigenvalue weighted by Gasteiger charge is 2.23. The van der Waals surface area contributed by atoms with E-state index in [9.17, 15) is 4.79 Å². The van der Waals surface area contributed by atoms with Crippen molar-refractivity contribution in [2.45, 2.75) is 31.7 Å². The maximum atomic E-state index is 12.3. The van der Waals surface area contributed by atoms with Crippen LogP contribution in [0, 0.1) is 0 Å². The van der Waals surface area contributed by atoms with Gasteiger partial charge in [0.15, 0.2) is 0 Å². The third kappa shape index (κ3) is 4.35. The Morgan fingerprint density at radius 3 is 2.64 bits per heavy atom. The molecule has 0 heterocycles. The van der Waals surface area contributed by atoms with Crippen molar-refractivity contribution in [2.24, 2.45) is 0 Å². The molecule has 3 nitrogen and oxygen atoms in total. The molecular weight excluding hydrogens is 355 g/mol. The summed E-state index contributed by atoms with van der Waals surface area (Å²) in [6.45, 7) is 0.687. The molecule has 0 aromatic heterocycles. The first kappa shape index (κ1) is 18.2. The van der Waals surface area contributed by atoms with Crippen molar-refractivity contribution in [1.82, 2.24) is 4.90 Å².